The molecule has 0 bridgehead atoms. The number of nitrogens with zero attached hydrogens (tertiary/aromatic N) is 1. The van der Waals surface area contributed by atoms with Gasteiger partial charge in [-0.2, -0.15) is 0 Å². The molecule has 2 N–H and O–H groups in total. The first-order valence-electron chi connectivity index (χ1n) is 6.09. The van der Waals surface area contributed by atoms with Crippen LogP contribution in [0.3, 0.4) is 0 Å². The van der Waals surface area contributed by atoms with Crippen molar-refractivity contribution in [2.45, 2.75) is 26.4 Å². The van der Waals surface area contributed by atoms with Gasteiger partial charge in [0.05, 0.1) is 13.2 Å². The third-order valence-corrected chi connectivity index (χ3v) is 2.93. The average Bonchev–Trinajstić information content (AvgIpc) is 2.36. The summed E-state index contributed by atoms with van der Waals surface area (Å²) in [6, 6.07) is 7.23. The van der Waals surface area contributed by atoms with Crippen LogP contribution in [0, 0.1) is 5.92 Å². The number of hydrogen-bond donors (Lipinski definition) is 1. The van der Waals surface area contributed by atoms with E-state index in [-0.39, 0.29) is 11.8 Å². The van der Waals surface area contributed by atoms with Crippen LogP contribution in [-0.4, -0.2) is 31.0 Å². The molecular formula is C14H22N2O2. The smallest absolute Gasteiger partial charge is 0.239 e. The first kappa shape index (κ1) is 14.5. The highest BCUT2D eigenvalue weighted by molar-refractivity contribution is 5.81. The molecular weight excluding hydrogens is 228 g/mol. The summed E-state index contributed by atoms with van der Waals surface area (Å²) < 4.78 is 5.15. The highest BCUT2D eigenvalue weighted by Crippen LogP contribution is 2.14. The third kappa shape index (κ3) is 3.74. The molecule has 1 amide bonds. The Hall–Kier alpha value is -1.55. The van der Waals surface area contributed by atoms with Crippen LogP contribution in [0.25, 0.3) is 0 Å². The third-order valence-electron chi connectivity index (χ3n) is 2.93. The van der Waals surface area contributed by atoms with E-state index < -0.39 is 6.04 Å². The van der Waals surface area contributed by atoms with Crippen molar-refractivity contribution in [3.63, 3.8) is 0 Å². The molecule has 0 aliphatic carbocycles. The van der Waals surface area contributed by atoms with Gasteiger partial charge in [-0.05, 0) is 23.6 Å². The minimum Gasteiger partial charge on any atom is -0.497 e. The van der Waals surface area contributed by atoms with Crippen LogP contribution in [0.4, 0.5) is 0 Å². The Balaban J connectivity index is 2.69. The number of rotatable bonds is 5. The number of carbonyl (C=O) groups excluding carboxylic acids is 1. The second kappa shape index (κ2) is 6.40. The van der Waals surface area contributed by atoms with E-state index in [1.807, 2.05) is 38.1 Å². The van der Waals surface area contributed by atoms with Crippen molar-refractivity contribution >= 4 is 5.91 Å². The average molecular weight is 250 g/mol. The number of carbonyl (C=O) groups is 1. The molecule has 1 aromatic rings. The fraction of sp³-hybridized carbons (Fsp3) is 0.500. The second-order valence-corrected chi connectivity index (χ2v) is 4.82. The summed E-state index contributed by atoms with van der Waals surface area (Å²) in [7, 11) is 3.40. The fourth-order valence-corrected chi connectivity index (χ4v) is 1.66. The molecule has 0 fully saturated rings. The molecule has 4 nitrogen and oxygen atoms in total. The first-order chi connectivity index (χ1) is 8.45. The summed E-state index contributed by atoms with van der Waals surface area (Å²) in [5.74, 6) is 0.902. The van der Waals surface area contributed by atoms with Gasteiger partial charge in [0.25, 0.3) is 0 Å². The van der Waals surface area contributed by atoms with E-state index in [0.29, 0.717) is 6.54 Å². The molecule has 0 radical (unpaired) electrons. The molecule has 1 aromatic carbocycles. The Kier molecular flexibility index (Phi) is 5.16. The quantitative estimate of drug-likeness (QED) is 0.864. The SMILES string of the molecule is COc1cccc(CN(C)C(=O)[C@H](N)C(C)C)c1. The van der Waals surface area contributed by atoms with Crippen LogP contribution in [-0.2, 0) is 11.3 Å². The normalized spacial score (nSPS) is 12.3. The number of benzene rings is 1. The van der Waals surface area contributed by atoms with Gasteiger partial charge in [-0.1, -0.05) is 26.0 Å². The molecule has 1 atom stereocenters. The Bertz CT molecular complexity index is 405. The maximum absolute atomic E-state index is 12.0. The monoisotopic (exact) mass is 250 g/mol. The highest BCUT2D eigenvalue weighted by atomic mass is 16.5. The summed E-state index contributed by atoms with van der Waals surface area (Å²) in [6.07, 6.45) is 0. The van der Waals surface area contributed by atoms with Crippen LogP contribution >= 0.6 is 0 Å². The van der Waals surface area contributed by atoms with E-state index in [1.54, 1.807) is 19.1 Å². The van der Waals surface area contributed by atoms with Crippen molar-refractivity contribution in [3.8, 4) is 5.75 Å². The van der Waals surface area contributed by atoms with Gasteiger partial charge in [-0.15, -0.1) is 0 Å². The Morgan fingerprint density at radius 1 is 1.44 bits per heavy atom. The van der Waals surface area contributed by atoms with Crippen molar-refractivity contribution in [1.82, 2.24) is 4.90 Å². The lowest BCUT2D eigenvalue weighted by molar-refractivity contribution is -0.132. The van der Waals surface area contributed by atoms with Crippen molar-refractivity contribution in [1.29, 1.82) is 0 Å². The zero-order valence-corrected chi connectivity index (χ0v) is 11.5. The Morgan fingerprint density at radius 2 is 2.11 bits per heavy atom. The van der Waals surface area contributed by atoms with Crippen molar-refractivity contribution in [2.75, 3.05) is 14.2 Å². The zero-order valence-electron chi connectivity index (χ0n) is 11.5. The first-order valence-corrected chi connectivity index (χ1v) is 6.09. The van der Waals surface area contributed by atoms with Gasteiger partial charge in [0.2, 0.25) is 5.91 Å². The molecule has 0 saturated heterocycles. The lowest BCUT2D eigenvalue weighted by atomic mass is 10.0. The van der Waals surface area contributed by atoms with Gasteiger partial charge >= 0.3 is 0 Å². The van der Waals surface area contributed by atoms with E-state index in [9.17, 15) is 4.79 Å². The predicted molar refractivity (Wildman–Crippen MR) is 72.3 cm³/mol. The minimum absolute atomic E-state index is 0.0344. The number of nitrogens with two attached hydrogens (primary N) is 1. The molecule has 0 saturated carbocycles. The van der Waals surface area contributed by atoms with Gasteiger partial charge in [0.1, 0.15) is 5.75 Å². The number of hydrogen-bond acceptors (Lipinski definition) is 3. The molecule has 18 heavy (non-hydrogen) atoms. The summed E-state index contributed by atoms with van der Waals surface area (Å²) in [6.45, 7) is 4.43. The number of methoxy groups -OCH3 is 1. The van der Waals surface area contributed by atoms with E-state index in [0.717, 1.165) is 11.3 Å². The standard InChI is InChI=1S/C14H22N2O2/c1-10(2)13(15)14(17)16(3)9-11-6-5-7-12(8-11)18-4/h5-8,10,13H,9,15H2,1-4H3/t13-/m1/s1. The van der Waals surface area contributed by atoms with Crippen LogP contribution < -0.4 is 10.5 Å². The van der Waals surface area contributed by atoms with E-state index in [1.165, 1.54) is 0 Å². The number of amides is 1. The van der Waals surface area contributed by atoms with E-state index in [2.05, 4.69) is 0 Å². The van der Waals surface area contributed by atoms with Gasteiger partial charge < -0.3 is 15.4 Å². The second-order valence-electron chi connectivity index (χ2n) is 4.82. The van der Waals surface area contributed by atoms with Gasteiger partial charge in [-0.3, -0.25) is 4.79 Å². The maximum atomic E-state index is 12.0. The van der Waals surface area contributed by atoms with Crippen molar-refractivity contribution in [2.24, 2.45) is 11.7 Å². The van der Waals surface area contributed by atoms with Crippen LogP contribution in [0.2, 0.25) is 0 Å². The van der Waals surface area contributed by atoms with Gasteiger partial charge in [0, 0.05) is 13.6 Å². The molecule has 100 valence electrons. The largest absolute Gasteiger partial charge is 0.497 e. The molecule has 0 unspecified atom stereocenters. The summed E-state index contributed by atoms with van der Waals surface area (Å²) in [4.78, 5) is 13.7. The van der Waals surface area contributed by atoms with Crippen LogP contribution in [0.5, 0.6) is 5.75 Å². The van der Waals surface area contributed by atoms with E-state index in [4.69, 9.17) is 10.5 Å². The molecule has 0 aromatic heterocycles. The maximum Gasteiger partial charge on any atom is 0.239 e. The Morgan fingerprint density at radius 3 is 2.67 bits per heavy atom. The van der Waals surface area contributed by atoms with Gasteiger partial charge in [-0.25, -0.2) is 0 Å². The molecule has 0 aliphatic rings. The summed E-state index contributed by atoms with van der Waals surface area (Å²) >= 11 is 0. The van der Waals surface area contributed by atoms with Crippen molar-refractivity contribution in [3.05, 3.63) is 29.8 Å². The lowest BCUT2D eigenvalue weighted by Crippen LogP contribution is -2.44. The van der Waals surface area contributed by atoms with E-state index >= 15 is 0 Å². The zero-order chi connectivity index (χ0) is 13.7. The Labute approximate surface area is 109 Å². The van der Waals surface area contributed by atoms with Crippen LogP contribution in [0.15, 0.2) is 24.3 Å². The molecule has 0 heterocycles. The lowest BCUT2D eigenvalue weighted by Gasteiger charge is -2.23. The van der Waals surface area contributed by atoms with Crippen LogP contribution in [0.1, 0.15) is 19.4 Å². The van der Waals surface area contributed by atoms with Gasteiger partial charge in [0.15, 0.2) is 0 Å². The number of ether oxygens (including phenoxy) is 1. The number of likely N-dealkylation sites (N-methyl/N-ethyl adjacent to an activating group) is 1. The fourth-order valence-electron chi connectivity index (χ4n) is 1.66. The minimum atomic E-state index is -0.444. The molecule has 4 heteroatoms. The molecule has 0 aliphatic heterocycles. The molecule has 0 spiro atoms. The topological polar surface area (TPSA) is 55.6 Å². The highest BCUT2D eigenvalue weighted by Gasteiger charge is 2.20. The van der Waals surface area contributed by atoms with Crippen molar-refractivity contribution < 1.29 is 9.53 Å². The molecule has 1 rings (SSSR count). The predicted octanol–water partition coefficient (Wildman–Crippen LogP) is 1.64. The summed E-state index contributed by atoms with van der Waals surface area (Å²) in [5, 5.41) is 0. The summed E-state index contributed by atoms with van der Waals surface area (Å²) in [5.41, 5.74) is 6.88.